The molecule has 0 aromatic heterocycles. The van der Waals surface area contributed by atoms with Gasteiger partial charge in [0.25, 0.3) is 0 Å². The number of benzene rings is 2. The highest BCUT2D eigenvalue weighted by Crippen LogP contribution is 2.40. The Hall–Kier alpha value is -1.96. The van der Waals surface area contributed by atoms with Gasteiger partial charge < -0.3 is 9.84 Å². The fourth-order valence-corrected chi connectivity index (χ4v) is 5.17. The van der Waals surface area contributed by atoms with Crippen molar-refractivity contribution < 1.29 is 9.84 Å². The Morgan fingerprint density at radius 2 is 1.44 bits per heavy atom. The highest BCUT2D eigenvalue weighted by molar-refractivity contribution is 5.95. The number of phenolic OH excluding ortho intramolecular Hbond substituents is 1. The Morgan fingerprint density at radius 1 is 0.882 bits per heavy atom. The Kier molecular flexibility index (Phi) is 12.0. The van der Waals surface area contributed by atoms with E-state index < -0.39 is 0 Å². The van der Waals surface area contributed by atoms with E-state index >= 15 is 0 Å². The highest BCUT2D eigenvalue weighted by atomic mass is 16.5. The van der Waals surface area contributed by atoms with E-state index in [0.717, 1.165) is 58.2 Å². The van der Waals surface area contributed by atoms with Crippen molar-refractivity contribution in [1.82, 2.24) is 0 Å². The number of phenols is 1. The molecular weight excluding hydrogens is 416 g/mol. The van der Waals surface area contributed by atoms with Crippen LogP contribution in [0.25, 0.3) is 10.8 Å². The molecule has 0 aliphatic heterocycles. The van der Waals surface area contributed by atoms with Gasteiger partial charge in [0.05, 0.1) is 7.11 Å². The van der Waals surface area contributed by atoms with E-state index in [1.54, 1.807) is 7.11 Å². The van der Waals surface area contributed by atoms with Crippen LogP contribution >= 0.6 is 0 Å². The minimum atomic E-state index is 0.394. The van der Waals surface area contributed by atoms with Crippen molar-refractivity contribution in [2.75, 3.05) is 7.11 Å². The zero-order chi connectivity index (χ0) is 25.1. The van der Waals surface area contributed by atoms with Gasteiger partial charge in [0, 0.05) is 16.3 Å². The number of methoxy groups -OCH3 is 1. The van der Waals surface area contributed by atoms with Gasteiger partial charge in [0.15, 0.2) is 0 Å². The first kappa shape index (κ1) is 28.3. The average molecular weight is 467 g/mol. The van der Waals surface area contributed by atoms with E-state index in [1.165, 1.54) is 56.9 Å². The molecule has 2 atom stereocenters. The van der Waals surface area contributed by atoms with Crippen LogP contribution in [0.1, 0.15) is 104 Å². The topological polar surface area (TPSA) is 29.5 Å². The molecular formula is C32H50O2. The number of fused-ring (bicyclic) bond motifs is 1. The second-order valence-electron chi connectivity index (χ2n) is 11.1. The van der Waals surface area contributed by atoms with Crippen LogP contribution in [-0.2, 0) is 6.42 Å². The van der Waals surface area contributed by atoms with Crippen molar-refractivity contribution in [3.8, 4) is 11.5 Å². The zero-order valence-electron chi connectivity index (χ0n) is 23.0. The molecule has 0 amide bonds. The van der Waals surface area contributed by atoms with Gasteiger partial charge in [-0.15, -0.1) is 0 Å². The van der Waals surface area contributed by atoms with E-state index in [9.17, 15) is 5.11 Å². The van der Waals surface area contributed by atoms with Gasteiger partial charge in [0.2, 0.25) is 0 Å². The second kappa shape index (κ2) is 14.4. The molecule has 2 aromatic rings. The van der Waals surface area contributed by atoms with Gasteiger partial charge in [-0.1, -0.05) is 109 Å². The Labute approximate surface area is 209 Å². The van der Waals surface area contributed by atoms with E-state index in [4.69, 9.17) is 4.74 Å². The third kappa shape index (κ3) is 8.67. The van der Waals surface area contributed by atoms with Gasteiger partial charge in [-0.2, -0.15) is 0 Å². The monoisotopic (exact) mass is 466 g/mol. The minimum Gasteiger partial charge on any atom is -0.507 e. The lowest BCUT2D eigenvalue weighted by Gasteiger charge is -2.16. The maximum atomic E-state index is 10.9. The molecule has 2 rings (SSSR count). The van der Waals surface area contributed by atoms with Crippen molar-refractivity contribution in [2.24, 2.45) is 17.8 Å². The molecule has 0 bridgehead atoms. The quantitative estimate of drug-likeness (QED) is 0.265. The predicted octanol–water partition coefficient (Wildman–Crippen LogP) is 9.79. The van der Waals surface area contributed by atoms with Crippen molar-refractivity contribution >= 4 is 10.8 Å². The molecule has 34 heavy (non-hydrogen) atoms. The molecule has 0 fully saturated rings. The summed E-state index contributed by atoms with van der Waals surface area (Å²) in [5.74, 6) is 3.80. The van der Waals surface area contributed by atoms with E-state index in [2.05, 4.69) is 47.6 Å². The van der Waals surface area contributed by atoms with Gasteiger partial charge in [-0.25, -0.2) is 0 Å². The molecule has 2 unspecified atom stereocenters. The van der Waals surface area contributed by atoms with Crippen LogP contribution in [0.2, 0.25) is 0 Å². The molecule has 0 heterocycles. The van der Waals surface area contributed by atoms with Crippen LogP contribution in [0.3, 0.4) is 0 Å². The van der Waals surface area contributed by atoms with Crippen LogP contribution in [0, 0.1) is 24.7 Å². The number of allylic oxidation sites excluding steroid dienone is 2. The summed E-state index contributed by atoms with van der Waals surface area (Å²) in [6, 6.07) is 7.94. The maximum Gasteiger partial charge on any atom is 0.130 e. The third-order valence-electron chi connectivity index (χ3n) is 7.50. The summed E-state index contributed by atoms with van der Waals surface area (Å²) in [5.41, 5.74) is 3.43. The summed E-state index contributed by atoms with van der Waals surface area (Å²) in [4.78, 5) is 0. The smallest absolute Gasteiger partial charge is 0.130 e. The number of aromatic hydroxyl groups is 1. The van der Waals surface area contributed by atoms with Crippen molar-refractivity contribution in [1.29, 1.82) is 0 Å². The van der Waals surface area contributed by atoms with Crippen molar-refractivity contribution in [3.63, 3.8) is 0 Å². The Balaban J connectivity index is 1.79. The largest absolute Gasteiger partial charge is 0.507 e. The van der Waals surface area contributed by atoms with Crippen LogP contribution in [-0.4, -0.2) is 12.2 Å². The SMILES string of the molecule is COc1c(C)c(C/C=C(\C)CCCC(C)CCCC(C)CCCC(C)C)c(O)c2ccccc12. The second-order valence-corrected chi connectivity index (χ2v) is 11.1. The number of ether oxygens (including phenoxy) is 1. The lowest BCUT2D eigenvalue weighted by molar-refractivity contribution is 0.389. The fraction of sp³-hybridized carbons (Fsp3) is 0.625. The van der Waals surface area contributed by atoms with Crippen LogP contribution in [0.15, 0.2) is 35.9 Å². The van der Waals surface area contributed by atoms with Crippen LogP contribution < -0.4 is 4.74 Å². The zero-order valence-corrected chi connectivity index (χ0v) is 23.0. The van der Waals surface area contributed by atoms with E-state index in [-0.39, 0.29) is 0 Å². The number of hydrogen-bond donors (Lipinski definition) is 1. The molecule has 0 saturated heterocycles. The number of hydrogen-bond acceptors (Lipinski definition) is 2. The fourth-order valence-electron chi connectivity index (χ4n) is 5.17. The van der Waals surface area contributed by atoms with Crippen LogP contribution in [0.4, 0.5) is 0 Å². The first-order valence-electron chi connectivity index (χ1n) is 13.7. The molecule has 0 radical (unpaired) electrons. The summed E-state index contributed by atoms with van der Waals surface area (Å²) < 4.78 is 5.70. The molecule has 0 spiro atoms. The summed E-state index contributed by atoms with van der Waals surface area (Å²) in [6.07, 6.45) is 15.0. The third-order valence-corrected chi connectivity index (χ3v) is 7.50. The van der Waals surface area contributed by atoms with Crippen LogP contribution in [0.5, 0.6) is 11.5 Å². The molecule has 2 nitrogen and oxygen atoms in total. The van der Waals surface area contributed by atoms with Gasteiger partial charge in [-0.3, -0.25) is 0 Å². The normalized spacial score (nSPS) is 14.1. The average Bonchev–Trinajstić information content (AvgIpc) is 2.79. The molecule has 0 saturated carbocycles. The van der Waals surface area contributed by atoms with E-state index in [0.29, 0.717) is 5.75 Å². The summed E-state index contributed by atoms with van der Waals surface area (Å²) >= 11 is 0. The molecule has 2 heteroatoms. The van der Waals surface area contributed by atoms with Gasteiger partial charge in [0.1, 0.15) is 11.5 Å². The first-order chi connectivity index (χ1) is 16.2. The summed E-state index contributed by atoms with van der Waals surface area (Å²) in [5, 5.41) is 12.8. The molecule has 1 N–H and O–H groups in total. The van der Waals surface area contributed by atoms with E-state index in [1.807, 2.05) is 24.3 Å². The number of rotatable bonds is 15. The predicted molar refractivity (Wildman–Crippen MR) is 149 cm³/mol. The maximum absolute atomic E-state index is 10.9. The van der Waals surface area contributed by atoms with Gasteiger partial charge in [-0.05, 0) is 56.4 Å². The lowest BCUT2D eigenvalue weighted by Crippen LogP contribution is -2.00. The first-order valence-corrected chi connectivity index (χ1v) is 13.7. The summed E-state index contributed by atoms with van der Waals surface area (Å²) in [7, 11) is 1.71. The van der Waals surface area contributed by atoms with Crippen molar-refractivity contribution in [2.45, 2.75) is 106 Å². The Morgan fingerprint density at radius 3 is 2.03 bits per heavy atom. The van der Waals surface area contributed by atoms with Gasteiger partial charge >= 0.3 is 0 Å². The molecule has 190 valence electrons. The lowest BCUT2D eigenvalue weighted by atomic mass is 9.91. The van der Waals surface area contributed by atoms with Crippen molar-refractivity contribution in [3.05, 3.63) is 47.0 Å². The standard InChI is InChI=1S/C32H50O2/c1-23(2)13-10-14-24(3)15-11-16-25(4)17-12-18-26(5)21-22-28-27(6)32(34-7)30-20-9-8-19-29(30)31(28)33/h8-9,19-21,23-25,33H,10-18,22H2,1-7H3/b26-21+. The highest BCUT2D eigenvalue weighted by Gasteiger charge is 2.16. The Bertz CT molecular complexity index is 909. The molecule has 2 aromatic carbocycles. The molecule has 0 aliphatic carbocycles. The molecule has 0 aliphatic rings. The minimum absolute atomic E-state index is 0.394. The summed E-state index contributed by atoms with van der Waals surface area (Å²) in [6.45, 7) is 13.8.